The van der Waals surface area contributed by atoms with Gasteiger partial charge in [-0.15, -0.1) is 0 Å². The van der Waals surface area contributed by atoms with Crippen molar-refractivity contribution in [1.82, 2.24) is 5.06 Å². The number of aliphatic hydroxyl groups excluding tert-OH is 1. The lowest BCUT2D eigenvalue weighted by atomic mass is 10.1. The van der Waals surface area contributed by atoms with Gasteiger partial charge in [-0.3, -0.25) is 4.84 Å². The van der Waals surface area contributed by atoms with E-state index in [1.54, 1.807) is 0 Å². The molecule has 0 bridgehead atoms. The summed E-state index contributed by atoms with van der Waals surface area (Å²) < 4.78 is 0. The average Bonchev–Trinajstić information content (AvgIpc) is 2.69. The number of hydrogen-bond donors (Lipinski definition) is 1. The first-order valence-electron chi connectivity index (χ1n) is 5.39. The van der Waals surface area contributed by atoms with Crippen LogP contribution in [-0.2, 0) is 4.84 Å². The number of hydroxylamine groups is 2. The second-order valence-electron chi connectivity index (χ2n) is 4.22. The summed E-state index contributed by atoms with van der Waals surface area (Å²) in [4.78, 5) is 5.57. The van der Waals surface area contributed by atoms with E-state index in [0.717, 1.165) is 18.9 Å². The highest BCUT2D eigenvalue weighted by Crippen LogP contribution is 2.35. The third kappa shape index (κ3) is 1.87. The summed E-state index contributed by atoms with van der Waals surface area (Å²) in [5, 5.41) is 11.5. The van der Waals surface area contributed by atoms with Gasteiger partial charge in [0.1, 0.15) is 0 Å². The van der Waals surface area contributed by atoms with Gasteiger partial charge in [0, 0.05) is 12.0 Å². The summed E-state index contributed by atoms with van der Waals surface area (Å²) in [6.07, 6.45) is 4.48. The van der Waals surface area contributed by atoms with Crippen molar-refractivity contribution in [1.29, 1.82) is 0 Å². The predicted molar refractivity (Wildman–Crippen MR) is 50.1 cm³/mol. The van der Waals surface area contributed by atoms with Crippen LogP contribution >= 0.6 is 0 Å². The smallest absolute Gasteiger partial charge is 0.0729 e. The molecule has 0 radical (unpaired) electrons. The van der Waals surface area contributed by atoms with Gasteiger partial charge in [0.05, 0.1) is 19.3 Å². The highest BCUT2D eigenvalue weighted by Gasteiger charge is 2.39. The van der Waals surface area contributed by atoms with E-state index < -0.39 is 0 Å². The summed E-state index contributed by atoms with van der Waals surface area (Å²) in [6.45, 7) is 3.58. The van der Waals surface area contributed by atoms with Crippen LogP contribution in [0.5, 0.6) is 0 Å². The molecule has 1 aliphatic heterocycles. The number of hydrogen-bond acceptors (Lipinski definition) is 3. The quantitative estimate of drug-likeness (QED) is 0.716. The van der Waals surface area contributed by atoms with Crippen LogP contribution in [0.15, 0.2) is 0 Å². The summed E-state index contributed by atoms with van der Waals surface area (Å²) in [7, 11) is 0. The maximum Gasteiger partial charge on any atom is 0.0729 e. The molecule has 0 spiro atoms. The first-order chi connectivity index (χ1) is 6.31. The van der Waals surface area contributed by atoms with Gasteiger partial charge in [-0.25, -0.2) is 0 Å². The number of aliphatic hydroxyl groups is 1. The lowest BCUT2D eigenvalue weighted by Crippen LogP contribution is -2.35. The molecule has 2 fully saturated rings. The van der Waals surface area contributed by atoms with Crippen molar-refractivity contribution in [2.75, 3.05) is 13.2 Å². The fourth-order valence-electron chi connectivity index (χ4n) is 2.40. The fraction of sp³-hybridized carbons (Fsp3) is 1.00. The topological polar surface area (TPSA) is 32.7 Å². The van der Waals surface area contributed by atoms with E-state index in [1.165, 1.54) is 19.3 Å². The fourth-order valence-corrected chi connectivity index (χ4v) is 2.40. The standard InChI is InChI=1S/C10H19NO2/c1-2-9(12)6-11-10-5-3-4-8(10)7-13-11/h8-10,12H,2-7H2,1H3/t8-,9+,10-/m1/s1. The molecule has 76 valence electrons. The van der Waals surface area contributed by atoms with Crippen LogP contribution in [0.1, 0.15) is 32.6 Å². The largest absolute Gasteiger partial charge is 0.392 e. The van der Waals surface area contributed by atoms with Crippen LogP contribution in [-0.4, -0.2) is 35.5 Å². The van der Waals surface area contributed by atoms with Crippen molar-refractivity contribution in [3.05, 3.63) is 0 Å². The minimum atomic E-state index is -0.223. The number of nitrogens with zero attached hydrogens (tertiary/aromatic N) is 1. The molecule has 2 aliphatic rings. The SMILES string of the molecule is CC[C@H](O)CN1OC[C@H]2CCC[C@H]21. The maximum atomic E-state index is 9.52. The van der Waals surface area contributed by atoms with Crippen LogP contribution in [0.2, 0.25) is 0 Å². The van der Waals surface area contributed by atoms with Crippen molar-refractivity contribution in [2.24, 2.45) is 5.92 Å². The van der Waals surface area contributed by atoms with Crippen LogP contribution in [0.25, 0.3) is 0 Å². The monoisotopic (exact) mass is 185 g/mol. The number of β-amino-alcohol motifs (C(OH)–C–C–N with tert-alkyl or cyclic N) is 1. The van der Waals surface area contributed by atoms with Gasteiger partial charge in [0.15, 0.2) is 0 Å². The molecule has 0 aromatic rings. The molecule has 0 aromatic carbocycles. The average molecular weight is 185 g/mol. The Kier molecular flexibility index (Phi) is 2.86. The molecule has 1 saturated heterocycles. The zero-order chi connectivity index (χ0) is 9.26. The highest BCUT2D eigenvalue weighted by atomic mass is 16.7. The number of fused-ring (bicyclic) bond motifs is 1. The normalized spacial score (nSPS) is 36.5. The summed E-state index contributed by atoms with van der Waals surface area (Å²) in [5.74, 6) is 0.740. The second-order valence-corrected chi connectivity index (χ2v) is 4.22. The van der Waals surface area contributed by atoms with Gasteiger partial charge in [0.25, 0.3) is 0 Å². The van der Waals surface area contributed by atoms with Crippen molar-refractivity contribution < 1.29 is 9.94 Å². The Morgan fingerprint density at radius 3 is 3.15 bits per heavy atom. The lowest BCUT2D eigenvalue weighted by Gasteiger charge is -2.23. The van der Waals surface area contributed by atoms with E-state index in [4.69, 9.17) is 4.84 Å². The summed E-state index contributed by atoms with van der Waals surface area (Å²) in [6, 6.07) is 0.598. The van der Waals surface area contributed by atoms with Gasteiger partial charge in [-0.1, -0.05) is 13.3 Å². The molecular formula is C10H19NO2. The van der Waals surface area contributed by atoms with E-state index in [-0.39, 0.29) is 6.10 Å². The molecule has 3 nitrogen and oxygen atoms in total. The number of rotatable bonds is 3. The lowest BCUT2D eigenvalue weighted by molar-refractivity contribution is -0.149. The summed E-state index contributed by atoms with van der Waals surface area (Å²) >= 11 is 0. The van der Waals surface area contributed by atoms with Crippen molar-refractivity contribution >= 4 is 0 Å². The van der Waals surface area contributed by atoms with E-state index >= 15 is 0 Å². The van der Waals surface area contributed by atoms with Gasteiger partial charge in [0.2, 0.25) is 0 Å². The Balaban J connectivity index is 1.86. The van der Waals surface area contributed by atoms with Gasteiger partial charge in [-0.05, 0) is 19.3 Å². The molecule has 1 aliphatic carbocycles. The van der Waals surface area contributed by atoms with Crippen LogP contribution in [0.3, 0.4) is 0 Å². The van der Waals surface area contributed by atoms with E-state index in [9.17, 15) is 5.11 Å². The zero-order valence-corrected chi connectivity index (χ0v) is 8.28. The molecular weight excluding hydrogens is 166 g/mol. The maximum absolute atomic E-state index is 9.52. The molecule has 0 amide bonds. The third-order valence-corrected chi connectivity index (χ3v) is 3.31. The first kappa shape index (κ1) is 9.44. The Morgan fingerprint density at radius 2 is 2.38 bits per heavy atom. The van der Waals surface area contributed by atoms with Crippen LogP contribution in [0, 0.1) is 5.92 Å². The molecule has 3 atom stereocenters. The van der Waals surface area contributed by atoms with Gasteiger partial charge in [-0.2, -0.15) is 5.06 Å². The van der Waals surface area contributed by atoms with E-state index in [0.29, 0.717) is 12.6 Å². The molecule has 2 rings (SSSR count). The third-order valence-electron chi connectivity index (χ3n) is 3.31. The highest BCUT2D eigenvalue weighted by molar-refractivity contribution is 4.86. The molecule has 3 heteroatoms. The second kappa shape index (κ2) is 3.95. The molecule has 0 unspecified atom stereocenters. The first-order valence-corrected chi connectivity index (χ1v) is 5.39. The van der Waals surface area contributed by atoms with Crippen LogP contribution < -0.4 is 0 Å². The van der Waals surface area contributed by atoms with Crippen molar-refractivity contribution in [3.8, 4) is 0 Å². The predicted octanol–water partition coefficient (Wildman–Crippen LogP) is 1.17. The molecule has 0 aromatic heterocycles. The summed E-state index contributed by atoms with van der Waals surface area (Å²) in [5.41, 5.74) is 0. The van der Waals surface area contributed by atoms with E-state index in [2.05, 4.69) is 0 Å². The van der Waals surface area contributed by atoms with Crippen LogP contribution in [0.4, 0.5) is 0 Å². The Morgan fingerprint density at radius 1 is 1.54 bits per heavy atom. The Bertz CT molecular complexity index is 174. The zero-order valence-electron chi connectivity index (χ0n) is 8.28. The molecule has 13 heavy (non-hydrogen) atoms. The van der Waals surface area contributed by atoms with Crippen molar-refractivity contribution in [3.63, 3.8) is 0 Å². The van der Waals surface area contributed by atoms with E-state index in [1.807, 2.05) is 12.0 Å². The van der Waals surface area contributed by atoms with Gasteiger partial charge >= 0.3 is 0 Å². The minimum Gasteiger partial charge on any atom is -0.392 e. The molecule has 1 saturated carbocycles. The molecule has 1 N–H and O–H groups in total. The minimum absolute atomic E-state index is 0.223. The Hall–Kier alpha value is -0.120. The Labute approximate surface area is 79.6 Å². The van der Waals surface area contributed by atoms with Crippen molar-refractivity contribution in [2.45, 2.75) is 44.8 Å². The van der Waals surface area contributed by atoms with Gasteiger partial charge < -0.3 is 5.11 Å². The molecule has 1 heterocycles.